The third-order valence-electron chi connectivity index (χ3n) is 3.38. The van der Waals surface area contributed by atoms with E-state index < -0.39 is 0 Å². The second kappa shape index (κ2) is 4.37. The highest BCUT2D eigenvalue weighted by atomic mass is 16.5. The Labute approximate surface area is 101 Å². The van der Waals surface area contributed by atoms with Crippen molar-refractivity contribution in [1.82, 2.24) is 5.32 Å². The van der Waals surface area contributed by atoms with Gasteiger partial charge >= 0.3 is 0 Å². The minimum atomic E-state index is 0.0670. The summed E-state index contributed by atoms with van der Waals surface area (Å²) < 4.78 is 5.45. The van der Waals surface area contributed by atoms with Crippen molar-refractivity contribution < 1.29 is 9.53 Å². The Balaban J connectivity index is 1.94. The summed E-state index contributed by atoms with van der Waals surface area (Å²) in [5, 5.41) is 3.35. The van der Waals surface area contributed by atoms with Gasteiger partial charge in [0.15, 0.2) is 6.61 Å². The number of ether oxygens (including phenoxy) is 1. The fourth-order valence-corrected chi connectivity index (χ4v) is 2.58. The molecule has 1 amide bonds. The fraction of sp³-hybridized carbons (Fsp3) is 0.462. The number of anilines is 1. The molecule has 0 spiro atoms. The first-order chi connectivity index (χ1) is 8.36. The Kier molecular flexibility index (Phi) is 2.73. The second-order valence-electron chi connectivity index (χ2n) is 4.52. The number of nitrogens with zero attached hydrogens (tertiary/aromatic N) is 1. The number of amides is 1. The van der Waals surface area contributed by atoms with Gasteiger partial charge in [-0.25, -0.2) is 0 Å². The Morgan fingerprint density at radius 1 is 1.35 bits per heavy atom. The zero-order valence-electron chi connectivity index (χ0n) is 9.69. The van der Waals surface area contributed by atoms with Crippen molar-refractivity contribution in [2.45, 2.75) is 18.9 Å². The molecule has 1 fully saturated rings. The van der Waals surface area contributed by atoms with E-state index in [4.69, 9.17) is 4.74 Å². The predicted molar refractivity (Wildman–Crippen MR) is 65.3 cm³/mol. The number of benzene rings is 1. The molecule has 0 saturated carbocycles. The zero-order chi connectivity index (χ0) is 11.7. The van der Waals surface area contributed by atoms with Gasteiger partial charge in [0.1, 0.15) is 5.75 Å². The molecule has 3 rings (SSSR count). The molecule has 1 saturated heterocycles. The first kappa shape index (κ1) is 10.6. The minimum absolute atomic E-state index is 0.0670. The molecule has 2 aliphatic rings. The molecule has 90 valence electrons. The number of hydrogen-bond donors (Lipinski definition) is 1. The van der Waals surface area contributed by atoms with E-state index in [-0.39, 0.29) is 18.6 Å². The number of rotatable bonds is 1. The minimum Gasteiger partial charge on any atom is -0.482 e. The highest BCUT2D eigenvalue weighted by molar-refractivity contribution is 5.98. The molecule has 0 aliphatic carbocycles. The van der Waals surface area contributed by atoms with Gasteiger partial charge in [-0.05, 0) is 31.5 Å². The standard InChI is InChI=1S/C13H16N2O2/c16-13-9-17-12-6-2-1-5-11(12)15(13)10-4-3-7-14-8-10/h1-2,5-6,10,14H,3-4,7-9H2. The lowest BCUT2D eigenvalue weighted by Gasteiger charge is -2.37. The number of nitrogens with one attached hydrogen (secondary N) is 1. The van der Waals surface area contributed by atoms with Gasteiger partial charge < -0.3 is 15.0 Å². The van der Waals surface area contributed by atoms with Crippen LogP contribution >= 0.6 is 0 Å². The molecule has 17 heavy (non-hydrogen) atoms. The molecule has 0 radical (unpaired) electrons. The lowest BCUT2D eigenvalue weighted by Crippen LogP contribution is -2.52. The Morgan fingerprint density at radius 2 is 2.24 bits per heavy atom. The highest BCUT2D eigenvalue weighted by Gasteiger charge is 2.31. The van der Waals surface area contributed by atoms with Crippen LogP contribution < -0.4 is 15.0 Å². The first-order valence-corrected chi connectivity index (χ1v) is 6.11. The van der Waals surface area contributed by atoms with Crippen LogP contribution in [0.15, 0.2) is 24.3 Å². The first-order valence-electron chi connectivity index (χ1n) is 6.11. The monoisotopic (exact) mass is 232 g/mol. The number of para-hydroxylation sites is 2. The van der Waals surface area contributed by atoms with Crippen LogP contribution in [0.1, 0.15) is 12.8 Å². The van der Waals surface area contributed by atoms with Gasteiger partial charge in [0.2, 0.25) is 0 Å². The normalized spacial score (nSPS) is 24.1. The number of carbonyl (C=O) groups is 1. The van der Waals surface area contributed by atoms with Crippen LogP contribution in [0.5, 0.6) is 5.75 Å². The molecule has 4 nitrogen and oxygen atoms in total. The Bertz CT molecular complexity index is 427. The summed E-state index contributed by atoms with van der Waals surface area (Å²) in [4.78, 5) is 13.9. The maximum Gasteiger partial charge on any atom is 0.265 e. The topological polar surface area (TPSA) is 41.6 Å². The smallest absolute Gasteiger partial charge is 0.265 e. The van der Waals surface area contributed by atoms with Gasteiger partial charge in [-0.15, -0.1) is 0 Å². The van der Waals surface area contributed by atoms with Gasteiger partial charge in [0.25, 0.3) is 5.91 Å². The zero-order valence-corrected chi connectivity index (χ0v) is 9.69. The maximum atomic E-state index is 12.0. The van der Waals surface area contributed by atoms with Gasteiger partial charge in [-0.2, -0.15) is 0 Å². The van der Waals surface area contributed by atoms with Crippen molar-refractivity contribution in [3.8, 4) is 5.75 Å². The van der Waals surface area contributed by atoms with Crippen molar-refractivity contribution in [2.75, 3.05) is 24.6 Å². The Hall–Kier alpha value is -1.55. The molecule has 1 unspecified atom stereocenters. The maximum absolute atomic E-state index is 12.0. The summed E-state index contributed by atoms with van der Waals surface area (Å²) in [5.74, 6) is 0.884. The van der Waals surface area contributed by atoms with Crippen LogP contribution in [0.2, 0.25) is 0 Å². The third-order valence-corrected chi connectivity index (χ3v) is 3.38. The molecule has 4 heteroatoms. The van der Waals surface area contributed by atoms with Gasteiger partial charge in [0.05, 0.1) is 5.69 Å². The number of piperidine rings is 1. The summed E-state index contributed by atoms with van der Waals surface area (Å²) >= 11 is 0. The molecule has 2 heterocycles. The molecule has 1 aromatic rings. The van der Waals surface area contributed by atoms with Crippen molar-refractivity contribution in [2.24, 2.45) is 0 Å². The van der Waals surface area contributed by atoms with E-state index in [2.05, 4.69) is 5.32 Å². The van der Waals surface area contributed by atoms with E-state index in [0.717, 1.165) is 37.4 Å². The van der Waals surface area contributed by atoms with E-state index in [1.807, 2.05) is 29.2 Å². The summed E-state index contributed by atoms with van der Waals surface area (Å²) in [6.07, 6.45) is 2.19. The van der Waals surface area contributed by atoms with Crippen molar-refractivity contribution in [1.29, 1.82) is 0 Å². The van der Waals surface area contributed by atoms with Crippen LogP contribution in [0.3, 0.4) is 0 Å². The molecule has 1 atom stereocenters. The van der Waals surface area contributed by atoms with E-state index in [0.29, 0.717) is 0 Å². The van der Waals surface area contributed by atoms with E-state index in [1.54, 1.807) is 0 Å². The lowest BCUT2D eigenvalue weighted by atomic mass is 10.0. The summed E-state index contributed by atoms with van der Waals surface area (Å²) in [6.45, 7) is 2.09. The third kappa shape index (κ3) is 1.89. The van der Waals surface area contributed by atoms with Gasteiger partial charge in [-0.1, -0.05) is 12.1 Å². The second-order valence-corrected chi connectivity index (χ2v) is 4.52. The predicted octanol–water partition coefficient (Wildman–Crippen LogP) is 1.16. The largest absolute Gasteiger partial charge is 0.482 e. The highest BCUT2D eigenvalue weighted by Crippen LogP contribution is 2.33. The SMILES string of the molecule is O=C1COc2ccccc2N1C1CCCNC1. The van der Waals surface area contributed by atoms with E-state index in [9.17, 15) is 4.79 Å². The summed E-state index contributed by atoms with van der Waals surface area (Å²) in [6, 6.07) is 8.03. The molecule has 0 aromatic heterocycles. The fourth-order valence-electron chi connectivity index (χ4n) is 2.58. The van der Waals surface area contributed by atoms with Crippen LogP contribution in [-0.4, -0.2) is 31.6 Å². The molecule has 1 aromatic carbocycles. The van der Waals surface area contributed by atoms with Crippen molar-refractivity contribution in [3.05, 3.63) is 24.3 Å². The van der Waals surface area contributed by atoms with Crippen molar-refractivity contribution in [3.63, 3.8) is 0 Å². The van der Waals surface area contributed by atoms with Crippen LogP contribution in [0.4, 0.5) is 5.69 Å². The molecular weight excluding hydrogens is 216 g/mol. The van der Waals surface area contributed by atoms with Crippen LogP contribution in [0, 0.1) is 0 Å². The average molecular weight is 232 g/mol. The number of hydrogen-bond acceptors (Lipinski definition) is 3. The molecule has 2 aliphatic heterocycles. The van der Waals surface area contributed by atoms with Gasteiger partial charge in [0, 0.05) is 12.6 Å². The van der Waals surface area contributed by atoms with E-state index >= 15 is 0 Å². The molecular formula is C13H16N2O2. The number of fused-ring (bicyclic) bond motifs is 1. The number of carbonyl (C=O) groups excluding carboxylic acids is 1. The summed E-state index contributed by atoms with van der Waals surface area (Å²) in [7, 11) is 0. The van der Waals surface area contributed by atoms with Crippen LogP contribution in [0.25, 0.3) is 0 Å². The Morgan fingerprint density at radius 3 is 3.06 bits per heavy atom. The lowest BCUT2D eigenvalue weighted by molar-refractivity contribution is -0.121. The quantitative estimate of drug-likeness (QED) is 0.790. The van der Waals surface area contributed by atoms with Crippen molar-refractivity contribution >= 4 is 11.6 Å². The van der Waals surface area contributed by atoms with Gasteiger partial charge in [-0.3, -0.25) is 4.79 Å². The van der Waals surface area contributed by atoms with E-state index in [1.165, 1.54) is 0 Å². The molecule has 1 N–H and O–H groups in total. The molecule has 0 bridgehead atoms. The van der Waals surface area contributed by atoms with Crippen LogP contribution in [-0.2, 0) is 4.79 Å². The summed E-state index contributed by atoms with van der Waals surface area (Å²) in [5.41, 5.74) is 0.914. The average Bonchev–Trinajstić information content (AvgIpc) is 2.39.